The number of rotatable bonds is 0. The van der Waals surface area contributed by atoms with Crippen LogP contribution in [0.3, 0.4) is 0 Å². The summed E-state index contributed by atoms with van der Waals surface area (Å²) in [5, 5.41) is 2.68. The highest BCUT2D eigenvalue weighted by Gasteiger charge is 2.51. The lowest BCUT2D eigenvalue weighted by Crippen LogP contribution is -2.25. The Hall–Kier alpha value is -3.20. The Bertz CT molecular complexity index is 1740. The molecule has 0 atom stereocenters. The summed E-state index contributed by atoms with van der Waals surface area (Å²) in [5.41, 5.74) is 10.8. The maximum absolute atomic E-state index is 3.70. The summed E-state index contributed by atoms with van der Waals surface area (Å²) in [6, 6.07) is 38.6. The lowest BCUT2D eigenvalue weighted by atomic mass is 9.70. The quantitative estimate of drug-likeness (QED) is 0.194. The Balaban J connectivity index is 1.60. The Morgan fingerprint density at radius 3 is 1.67 bits per heavy atom. The molecule has 8 rings (SSSR count). The number of halogens is 1. The van der Waals surface area contributed by atoms with Gasteiger partial charge in [0, 0.05) is 24.6 Å². The van der Waals surface area contributed by atoms with Crippen molar-refractivity contribution in [1.82, 2.24) is 0 Å². The van der Waals surface area contributed by atoms with Gasteiger partial charge in [0.1, 0.15) is 0 Å². The van der Waals surface area contributed by atoms with Crippen molar-refractivity contribution in [2.45, 2.75) is 5.41 Å². The van der Waals surface area contributed by atoms with E-state index < -0.39 is 0 Å². The monoisotopic (exact) mass is 500 g/mol. The molecule has 0 radical (unpaired) electrons. The largest absolute Gasteiger partial charge is 0.135 e. The van der Waals surface area contributed by atoms with E-state index in [2.05, 4.69) is 119 Å². The van der Waals surface area contributed by atoms with Gasteiger partial charge in [-0.3, -0.25) is 0 Å². The second-order valence-corrected chi connectivity index (χ2v) is 11.0. The molecule has 2 heteroatoms. The van der Waals surface area contributed by atoms with E-state index in [0.29, 0.717) is 0 Å². The molecule has 154 valence electrons. The van der Waals surface area contributed by atoms with Crippen LogP contribution in [-0.4, -0.2) is 0 Å². The Labute approximate surface area is 204 Å². The van der Waals surface area contributed by atoms with E-state index >= 15 is 0 Å². The van der Waals surface area contributed by atoms with E-state index in [4.69, 9.17) is 0 Å². The number of benzene rings is 5. The highest BCUT2D eigenvalue weighted by molar-refractivity contribution is 9.10. The van der Waals surface area contributed by atoms with E-state index in [0.717, 1.165) is 4.47 Å². The summed E-state index contributed by atoms with van der Waals surface area (Å²) in [7, 11) is 0. The van der Waals surface area contributed by atoms with Crippen LogP contribution in [0.4, 0.5) is 0 Å². The summed E-state index contributed by atoms with van der Waals surface area (Å²) >= 11 is 5.59. The zero-order chi connectivity index (χ0) is 21.7. The third kappa shape index (κ3) is 2.12. The third-order valence-electron chi connectivity index (χ3n) is 7.55. The van der Waals surface area contributed by atoms with Crippen molar-refractivity contribution in [3.05, 3.63) is 130 Å². The average molecular weight is 501 g/mol. The Kier molecular flexibility index (Phi) is 3.44. The van der Waals surface area contributed by atoms with Gasteiger partial charge in [0.25, 0.3) is 0 Å². The third-order valence-corrected chi connectivity index (χ3v) is 9.18. The minimum atomic E-state index is -0.270. The van der Waals surface area contributed by atoms with Crippen LogP contribution in [0.5, 0.6) is 0 Å². The highest BCUT2D eigenvalue weighted by atomic mass is 79.9. The Morgan fingerprint density at radius 1 is 0.485 bits per heavy atom. The second-order valence-electron chi connectivity index (χ2n) is 9.02. The molecule has 1 spiro atoms. The van der Waals surface area contributed by atoms with Gasteiger partial charge in [0.05, 0.1) is 5.41 Å². The van der Waals surface area contributed by atoms with Crippen LogP contribution >= 0.6 is 27.3 Å². The van der Waals surface area contributed by atoms with Gasteiger partial charge in [-0.15, -0.1) is 11.3 Å². The molecule has 0 fully saturated rings. The fourth-order valence-corrected chi connectivity index (χ4v) is 7.80. The van der Waals surface area contributed by atoms with Crippen molar-refractivity contribution in [2.75, 3.05) is 0 Å². The second kappa shape index (κ2) is 6.22. The van der Waals surface area contributed by atoms with E-state index in [1.807, 2.05) is 11.3 Å². The SMILES string of the molecule is Brc1ccc2sc3cc4c(cc3c2c1)C1(c2ccccc2-c2ccccc21)c1ccccc1-4. The van der Waals surface area contributed by atoms with Crippen LogP contribution < -0.4 is 0 Å². The van der Waals surface area contributed by atoms with Crippen molar-refractivity contribution < 1.29 is 0 Å². The van der Waals surface area contributed by atoms with Crippen molar-refractivity contribution in [3.8, 4) is 22.3 Å². The van der Waals surface area contributed by atoms with Gasteiger partial charge in [-0.25, -0.2) is 0 Å². The summed E-state index contributed by atoms with van der Waals surface area (Å²) in [5.74, 6) is 0. The molecule has 0 N–H and O–H groups in total. The molecule has 0 saturated heterocycles. The predicted octanol–water partition coefficient (Wildman–Crippen LogP) is 9.16. The predicted molar refractivity (Wildman–Crippen MR) is 143 cm³/mol. The van der Waals surface area contributed by atoms with Gasteiger partial charge in [0.15, 0.2) is 0 Å². The summed E-state index contributed by atoms with van der Waals surface area (Å²) in [4.78, 5) is 0. The van der Waals surface area contributed by atoms with Crippen LogP contribution in [0.15, 0.2) is 108 Å². The molecule has 0 amide bonds. The maximum Gasteiger partial charge on any atom is 0.0725 e. The first-order chi connectivity index (χ1) is 16.3. The van der Waals surface area contributed by atoms with Gasteiger partial charge in [-0.2, -0.15) is 0 Å². The molecule has 0 nitrogen and oxygen atoms in total. The van der Waals surface area contributed by atoms with Crippen molar-refractivity contribution >= 4 is 47.4 Å². The maximum atomic E-state index is 3.70. The lowest BCUT2D eigenvalue weighted by Gasteiger charge is -2.30. The summed E-state index contributed by atoms with van der Waals surface area (Å²) in [6.07, 6.45) is 0. The molecule has 0 unspecified atom stereocenters. The smallest absolute Gasteiger partial charge is 0.0725 e. The summed E-state index contributed by atoms with van der Waals surface area (Å²) in [6.45, 7) is 0. The van der Waals surface area contributed by atoms with Crippen LogP contribution in [0, 0.1) is 0 Å². The minimum Gasteiger partial charge on any atom is -0.135 e. The van der Waals surface area contributed by atoms with E-state index in [1.165, 1.54) is 64.7 Å². The normalized spacial score (nSPS) is 14.5. The van der Waals surface area contributed by atoms with Gasteiger partial charge in [-0.05, 0) is 74.8 Å². The fourth-order valence-electron chi connectivity index (χ4n) is 6.33. The van der Waals surface area contributed by atoms with Crippen molar-refractivity contribution in [3.63, 3.8) is 0 Å². The molecule has 1 aromatic heterocycles. The molecule has 0 aliphatic heterocycles. The molecule has 1 heterocycles. The van der Waals surface area contributed by atoms with Gasteiger partial charge < -0.3 is 0 Å². The molecule has 0 bridgehead atoms. The topological polar surface area (TPSA) is 0 Å². The fraction of sp³-hybridized carbons (Fsp3) is 0.0323. The molecular weight excluding hydrogens is 484 g/mol. The highest BCUT2D eigenvalue weighted by Crippen LogP contribution is 2.63. The van der Waals surface area contributed by atoms with Crippen molar-refractivity contribution in [2.24, 2.45) is 0 Å². The van der Waals surface area contributed by atoms with Crippen LogP contribution in [0.1, 0.15) is 22.3 Å². The number of hydrogen-bond donors (Lipinski definition) is 0. The molecular formula is C31H17BrS. The molecule has 0 saturated carbocycles. The minimum absolute atomic E-state index is 0.270. The number of hydrogen-bond acceptors (Lipinski definition) is 1. The van der Waals surface area contributed by atoms with Crippen molar-refractivity contribution in [1.29, 1.82) is 0 Å². The van der Waals surface area contributed by atoms with Gasteiger partial charge in [-0.1, -0.05) is 88.7 Å². The Morgan fingerprint density at radius 2 is 1.03 bits per heavy atom. The number of fused-ring (bicyclic) bond motifs is 13. The van der Waals surface area contributed by atoms with Crippen LogP contribution in [0.2, 0.25) is 0 Å². The summed E-state index contributed by atoms with van der Waals surface area (Å²) < 4.78 is 3.82. The van der Waals surface area contributed by atoms with E-state index in [1.54, 1.807) is 0 Å². The van der Waals surface area contributed by atoms with Gasteiger partial charge in [0.2, 0.25) is 0 Å². The van der Waals surface area contributed by atoms with E-state index in [9.17, 15) is 0 Å². The lowest BCUT2D eigenvalue weighted by molar-refractivity contribution is 0.795. The molecule has 6 aromatic rings. The average Bonchev–Trinajstić information content (AvgIpc) is 3.46. The first-order valence-corrected chi connectivity index (χ1v) is 12.8. The zero-order valence-electron chi connectivity index (χ0n) is 17.6. The van der Waals surface area contributed by atoms with Crippen LogP contribution in [-0.2, 0) is 5.41 Å². The standard InChI is InChI=1S/C31H17BrS/c32-18-13-14-29-23(15-18)24-16-28-22(17-30(24)33-29)21-9-3-6-12-27(21)31(28)25-10-4-1-7-19(25)20-8-2-5-11-26(20)31/h1-17H. The zero-order valence-corrected chi connectivity index (χ0v) is 20.0. The first kappa shape index (κ1) is 18.3. The molecule has 33 heavy (non-hydrogen) atoms. The molecule has 5 aromatic carbocycles. The van der Waals surface area contributed by atoms with Gasteiger partial charge >= 0.3 is 0 Å². The van der Waals surface area contributed by atoms with Crippen LogP contribution in [0.25, 0.3) is 42.4 Å². The number of thiophene rings is 1. The molecule has 2 aliphatic rings. The van der Waals surface area contributed by atoms with E-state index in [-0.39, 0.29) is 5.41 Å². The first-order valence-electron chi connectivity index (χ1n) is 11.2. The molecule has 2 aliphatic carbocycles.